The molecule has 2 atom stereocenters. The maximum atomic E-state index is 5.49. The number of rotatable bonds is 3. The summed E-state index contributed by atoms with van der Waals surface area (Å²) in [6, 6.07) is 16.1. The van der Waals surface area contributed by atoms with Crippen LogP contribution in [0.5, 0.6) is 0 Å². The topological polar surface area (TPSA) is 46.0 Å². The summed E-state index contributed by atoms with van der Waals surface area (Å²) in [7, 11) is 2.01. The van der Waals surface area contributed by atoms with Gasteiger partial charge in [-0.2, -0.15) is 0 Å². The van der Waals surface area contributed by atoms with Gasteiger partial charge in [0, 0.05) is 31.3 Å². The first-order valence-electron chi connectivity index (χ1n) is 7.78. The van der Waals surface area contributed by atoms with Gasteiger partial charge in [0.05, 0.1) is 17.8 Å². The van der Waals surface area contributed by atoms with Crippen LogP contribution in [0.4, 0.5) is 0 Å². The van der Waals surface area contributed by atoms with Crippen LogP contribution in [0.1, 0.15) is 23.5 Å². The van der Waals surface area contributed by atoms with Crippen molar-refractivity contribution in [3.05, 3.63) is 78.5 Å². The molecule has 5 nitrogen and oxygen atoms in total. The molecule has 0 spiro atoms. The molecule has 4 heterocycles. The lowest BCUT2D eigenvalue weighted by molar-refractivity contribution is 0.356. The zero-order valence-corrected chi connectivity index (χ0v) is 14.0. The van der Waals surface area contributed by atoms with Gasteiger partial charge in [0.25, 0.3) is 0 Å². The Hall–Kier alpha value is -2.73. The fraction of sp³-hybridized carbons (Fsp3) is 0.167. The van der Waals surface area contributed by atoms with Gasteiger partial charge in [0.2, 0.25) is 0 Å². The molecule has 3 aromatic rings. The fourth-order valence-corrected chi connectivity index (χ4v) is 3.41. The number of pyridine rings is 2. The molecule has 0 amide bonds. The van der Waals surface area contributed by atoms with Crippen molar-refractivity contribution in [1.82, 2.24) is 24.8 Å². The van der Waals surface area contributed by atoms with Gasteiger partial charge in [-0.1, -0.05) is 12.1 Å². The van der Waals surface area contributed by atoms with Gasteiger partial charge in [0.1, 0.15) is 5.82 Å². The van der Waals surface area contributed by atoms with Crippen molar-refractivity contribution < 1.29 is 0 Å². The quantitative estimate of drug-likeness (QED) is 0.746. The zero-order valence-electron chi connectivity index (χ0n) is 13.2. The first-order chi connectivity index (χ1) is 11.8. The van der Waals surface area contributed by atoms with E-state index in [0.29, 0.717) is 0 Å². The van der Waals surface area contributed by atoms with Gasteiger partial charge in [-0.05, 0) is 48.6 Å². The second-order valence-electron chi connectivity index (χ2n) is 5.73. The van der Waals surface area contributed by atoms with Crippen LogP contribution in [-0.2, 0) is 0 Å². The molecule has 4 rings (SSSR count). The minimum absolute atomic E-state index is 0.000984. The summed E-state index contributed by atoms with van der Waals surface area (Å²) < 4.78 is 2.10. The second kappa shape index (κ2) is 6.05. The predicted octanol–water partition coefficient (Wildman–Crippen LogP) is 2.87. The fourth-order valence-electron chi connectivity index (χ4n) is 3.17. The average Bonchev–Trinajstić information content (AvgIpc) is 3.22. The third-order valence-corrected chi connectivity index (χ3v) is 4.72. The summed E-state index contributed by atoms with van der Waals surface area (Å²) in [5, 5.41) is 4.12. The molecule has 0 saturated carbocycles. The Morgan fingerprint density at radius 2 is 1.79 bits per heavy atom. The molecule has 1 fully saturated rings. The lowest BCUT2D eigenvalue weighted by Gasteiger charge is -2.25. The summed E-state index contributed by atoms with van der Waals surface area (Å²) in [6.07, 6.45) is 5.65. The predicted molar refractivity (Wildman–Crippen MR) is 96.8 cm³/mol. The minimum atomic E-state index is 0.000984. The largest absolute Gasteiger partial charge is 0.352 e. The molecular formula is C18H17N5S. The number of aromatic nitrogens is 3. The van der Waals surface area contributed by atoms with Crippen LogP contribution in [0, 0.1) is 0 Å². The summed E-state index contributed by atoms with van der Waals surface area (Å²) in [4.78, 5) is 11.1. The van der Waals surface area contributed by atoms with Gasteiger partial charge < -0.3 is 14.8 Å². The maximum Gasteiger partial charge on any atom is 0.169 e. The minimum Gasteiger partial charge on any atom is -0.352 e. The van der Waals surface area contributed by atoms with Crippen LogP contribution in [0.3, 0.4) is 0 Å². The van der Waals surface area contributed by atoms with Crippen molar-refractivity contribution >= 4 is 17.3 Å². The number of nitrogens with one attached hydrogen (secondary N) is 1. The summed E-state index contributed by atoms with van der Waals surface area (Å²) in [5.74, 6) is 0.892. The number of hydrogen-bond acceptors (Lipinski definition) is 3. The first-order valence-corrected chi connectivity index (χ1v) is 8.19. The summed E-state index contributed by atoms with van der Waals surface area (Å²) in [5.41, 5.74) is 2.10. The Morgan fingerprint density at radius 1 is 1.00 bits per heavy atom. The molecule has 0 bridgehead atoms. The third kappa shape index (κ3) is 2.45. The Balaban J connectivity index is 1.80. The summed E-state index contributed by atoms with van der Waals surface area (Å²) >= 11 is 5.49. The van der Waals surface area contributed by atoms with Gasteiger partial charge in [-0.3, -0.25) is 4.98 Å². The standard InChI is InChI=1S/C18H17N5S/c1-22-17(16(21-18(22)24)13-7-2-4-10-19-13)14-8-6-12-23(14)15-9-3-5-11-20-15/h2-12,16-17H,1H3,(H,21,24)/t16-,17-/m0/s1. The number of thiocarbonyl (C=S) groups is 1. The van der Waals surface area contributed by atoms with Crippen molar-refractivity contribution in [2.75, 3.05) is 7.05 Å². The molecule has 1 aliphatic rings. The van der Waals surface area contributed by atoms with Crippen molar-refractivity contribution in [2.24, 2.45) is 0 Å². The molecular weight excluding hydrogens is 318 g/mol. The molecule has 6 heteroatoms. The normalized spacial score (nSPS) is 20.2. The molecule has 24 heavy (non-hydrogen) atoms. The van der Waals surface area contributed by atoms with Crippen LogP contribution < -0.4 is 5.32 Å². The second-order valence-corrected chi connectivity index (χ2v) is 6.12. The van der Waals surface area contributed by atoms with E-state index in [1.165, 1.54) is 0 Å². The number of likely N-dealkylation sites (N-methyl/N-ethyl adjacent to an activating group) is 1. The highest BCUT2D eigenvalue weighted by Gasteiger charge is 2.39. The van der Waals surface area contributed by atoms with Crippen molar-refractivity contribution in [3.63, 3.8) is 0 Å². The molecule has 1 N–H and O–H groups in total. The Labute approximate surface area is 146 Å². The van der Waals surface area contributed by atoms with Gasteiger partial charge in [-0.25, -0.2) is 4.98 Å². The monoisotopic (exact) mass is 335 g/mol. The molecule has 1 aliphatic heterocycles. The summed E-state index contributed by atoms with van der Waals surface area (Å²) in [6.45, 7) is 0. The smallest absolute Gasteiger partial charge is 0.169 e. The number of nitrogens with zero attached hydrogens (tertiary/aromatic N) is 4. The molecule has 0 unspecified atom stereocenters. The average molecular weight is 335 g/mol. The van der Waals surface area contributed by atoms with E-state index in [9.17, 15) is 0 Å². The van der Waals surface area contributed by atoms with E-state index in [4.69, 9.17) is 12.2 Å². The van der Waals surface area contributed by atoms with E-state index in [1.54, 1.807) is 6.20 Å². The highest BCUT2D eigenvalue weighted by Crippen LogP contribution is 2.38. The Morgan fingerprint density at radius 3 is 2.50 bits per heavy atom. The highest BCUT2D eigenvalue weighted by atomic mass is 32.1. The van der Waals surface area contributed by atoms with Crippen molar-refractivity contribution in [2.45, 2.75) is 12.1 Å². The number of hydrogen-bond donors (Lipinski definition) is 1. The third-order valence-electron chi connectivity index (χ3n) is 4.32. The first kappa shape index (κ1) is 14.8. The molecule has 0 radical (unpaired) electrons. The van der Waals surface area contributed by atoms with E-state index < -0.39 is 0 Å². The molecule has 0 aromatic carbocycles. The molecule has 3 aromatic heterocycles. The van der Waals surface area contributed by atoms with E-state index in [-0.39, 0.29) is 12.1 Å². The van der Waals surface area contributed by atoms with Crippen LogP contribution in [0.2, 0.25) is 0 Å². The van der Waals surface area contributed by atoms with Crippen molar-refractivity contribution in [3.8, 4) is 5.82 Å². The Bertz CT molecular complexity index is 846. The molecule has 120 valence electrons. The van der Waals surface area contributed by atoms with Crippen LogP contribution >= 0.6 is 12.2 Å². The van der Waals surface area contributed by atoms with Crippen molar-refractivity contribution in [1.29, 1.82) is 0 Å². The van der Waals surface area contributed by atoms with Crippen LogP contribution in [0.25, 0.3) is 5.82 Å². The molecule has 0 aliphatic carbocycles. The lowest BCUT2D eigenvalue weighted by Crippen LogP contribution is -2.26. The van der Waals surface area contributed by atoms with Crippen LogP contribution in [0.15, 0.2) is 67.1 Å². The lowest BCUT2D eigenvalue weighted by atomic mass is 10.0. The SMILES string of the molecule is CN1C(=S)N[C@@H](c2ccccn2)[C@@H]1c1cccn1-c1ccccn1. The Kier molecular flexibility index (Phi) is 3.74. The van der Waals surface area contributed by atoms with Crippen LogP contribution in [-0.4, -0.2) is 31.6 Å². The van der Waals surface area contributed by atoms with E-state index in [2.05, 4.69) is 30.8 Å². The zero-order chi connectivity index (χ0) is 16.5. The van der Waals surface area contributed by atoms with E-state index >= 15 is 0 Å². The van der Waals surface area contributed by atoms with Gasteiger partial charge >= 0.3 is 0 Å². The molecule has 1 saturated heterocycles. The van der Waals surface area contributed by atoms with E-state index in [0.717, 1.165) is 22.3 Å². The van der Waals surface area contributed by atoms with Gasteiger partial charge in [-0.15, -0.1) is 0 Å². The maximum absolute atomic E-state index is 5.49. The van der Waals surface area contributed by atoms with E-state index in [1.807, 2.05) is 61.9 Å². The van der Waals surface area contributed by atoms with Gasteiger partial charge in [0.15, 0.2) is 5.11 Å². The highest BCUT2D eigenvalue weighted by molar-refractivity contribution is 7.80.